The molecule has 9 unspecified atom stereocenters. The highest BCUT2D eigenvalue weighted by Crippen LogP contribution is 2.24. The van der Waals surface area contributed by atoms with Crippen LogP contribution in [0.15, 0.2) is 24.3 Å². The van der Waals surface area contributed by atoms with Gasteiger partial charge in [0, 0.05) is 0 Å². The van der Waals surface area contributed by atoms with Crippen molar-refractivity contribution in [2.75, 3.05) is 13.2 Å². The summed E-state index contributed by atoms with van der Waals surface area (Å²) in [7, 11) is 0. The van der Waals surface area contributed by atoms with Crippen LogP contribution in [0.25, 0.3) is 0 Å². The molecule has 0 aliphatic carbocycles. The fourth-order valence-corrected chi connectivity index (χ4v) is 11.2. The van der Waals surface area contributed by atoms with E-state index in [1.54, 1.807) is 0 Å². The molecular weight excluding hydrogens is 991 g/mol. The van der Waals surface area contributed by atoms with E-state index in [4.69, 9.17) is 9.47 Å². The number of amides is 1. The summed E-state index contributed by atoms with van der Waals surface area (Å²) in [5.74, 6) is -0.703. The number of hydrogen-bond donors (Lipinski definition) is 8. The van der Waals surface area contributed by atoms with E-state index in [-0.39, 0.29) is 12.8 Å². The van der Waals surface area contributed by atoms with Crippen molar-refractivity contribution in [3.05, 3.63) is 24.3 Å². The summed E-state index contributed by atoms with van der Waals surface area (Å²) in [6.07, 6.45) is 59.8. The second-order valence-electron chi connectivity index (χ2n) is 24.2. The van der Waals surface area contributed by atoms with E-state index >= 15 is 0 Å². The molecule has 1 fully saturated rings. The first-order chi connectivity index (χ1) is 38.7. The topological polar surface area (TPSA) is 189 Å². The van der Waals surface area contributed by atoms with Gasteiger partial charge < -0.3 is 50.5 Å². The highest BCUT2D eigenvalue weighted by Gasteiger charge is 2.44. The molecule has 79 heavy (non-hydrogen) atoms. The number of allylic oxidation sites excluding steroid dienone is 4. The number of ether oxygens (including phenoxy) is 2. The van der Waals surface area contributed by atoms with Crippen LogP contribution in [-0.4, -0.2) is 110 Å². The van der Waals surface area contributed by atoms with Crippen LogP contribution in [-0.2, 0) is 14.3 Å². The van der Waals surface area contributed by atoms with E-state index in [2.05, 4.69) is 43.5 Å². The molecular formula is C68H131NO10. The number of carbonyl (C=O) groups excluding carboxylic acids is 1. The molecule has 0 aromatic carbocycles. The Bertz CT molecular complexity index is 1330. The maximum absolute atomic E-state index is 13.2. The second-order valence-corrected chi connectivity index (χ2v) is 24.2. The lowest BCUT2D eigenvalue weighted by Gasteiger charge is -2.40. The van der Waals surface area contributed by atoms with Gasteiger partial charge in [0.05, 0.1) is 25.4 Å². The third kappa shape index (κ3) is 44.7. The van der Waals surface area contributed by atoms with Crippen LogP contribution in [0.3, 0.4) is 0 Å². The molecule has 0 bridgehead atoms. The zero-order chi connectivity index (χ0) is 57.5. The molecule has 0 aromatic rings. The predicted octanol–water partition coefficient (Wildman–Crippen LogP) is 16.0. The van der Waals surface area contributed by atoms with Crippen molar-refractivity contribution in [2.45, 2.75) is 390 Å². The molecule has 0 saturated carbocycles. The van der Waals surface area contributed by atoms with Crippen molar-refractivity contribution in [1.29, 1.82) is 0 Å². The average Bonchev–Trinajstić information content (AvgIpc) is 3.46. The molecule has 1 aliphatic heterocycles. The summed E-state index contributed by atoms with van der Waals surface area (Å²) < 4.78 is 11.2. The van der Waals surface area contributed by atoms with Crippen molar-refractivity contribution >= 4 is 5.91 Å². The number of aliphatic hydroxyl groups is 7. The lowest BCUT2D eigenvalue weighted by atomic mass is 9.98. The number of carbonyl (C=O) groups is 1. The fourth-order valence-electron chi connectivity index (χ4n) is 11.2. The monoisotopic (exact) mass is 1120 g/mol. The fraction of sp³-hybridized carbons (Fsp3) is 0.926. The third-order valence-electron chi connectivity index (χ3n) is 16.7. The van der Waals surface area contributed by atoms with Crippen LogP contribution < -0.4 is 5.32 Å². The molecule has 1 rings (SSSR count). The smallest absolute Gasteiger partial charge is 0.249 e. The van der Waals surface area contributed by atoms with Gasteiger partial charge in [-0.15, -0.1) is 0 Å². The Morgan fingerprint density at radius 2 is 0.759 bits per heavy atom. The molecule has 0 aromatic heterocycles. The molecule has 0 spiro atoms. The molecule has 1 amide bonds. The molecule has 1 heterocycles. The summed E-state index contributed by atoms with van der Waals surface area (Å²) in [6.45, 7) is 3.49. The standard InChI is InChI=1S/C68H131NO10/c1-3-5-7-9-11-13-15-17-19-21-23-25-26-27-28-29-30-31-32-33-34-36-38-40-42-44-46-48-50-52-54-56-61(72)67(77)69-59(58-78-68-66(76)65(75)64(74)62(57-70)79-68)63(73)60(71)55-53-51-49-47-45-43-41-39-37-35-24-22-20-18-16-14-12-10-8-6-4-2/h39,41,47,49,59-66,68,70-76H,3-38,40,42-46,48,50-58H2,1-2H3,(H,69,77)/b41-39+,49-47+. The normalized spacial score (nSPS) is 19.4. The van der Waals surface area contributed by atoms with Crippen molar-refractivity contribution in [3.63, 3.8) is 0 Å². The molecule has 11 heteroatoms. The molecule has 11 nitrogen and oxygen atoms in total. The van der Waals surface area contributed by atoms with Crippen molar-refractivity contribution in [2.24, 2.45) is 0 Å². The van der Waals surface area contributed by atoms with Crippen molar-refractivity contribution in [1.82, 2.24) is 5.32 Å². The number of nitrogens with one attached hydrogen (secondary N) is 1. The van der Waals surface area contributed by atoms with Crippen LogP contribution in [0.4, 0.5) is 0 Å². The summed E-state index contributed by atoms with van der Waals surface area (Å²) in [6, 6.07) is -1.19. The molecule has 1 saturated heterocycles. The van der Waals surface area contributed by atoms with E-state index in [9.17, 15) is 40.5 Å². The molecule has 0 radical (unpaired) electrons. The summed E-state index contributed by atoms with van der Waals surface area (Å²) in [5.41, 5.74) is 0. The second kappa shape index (κ2) is 57.0. The first-order valence-corrected chi connectivity index (χ1v) is 34.2. The highest BCUT2D eigenvalue weighted by molar-refractivity contribution is 5.80. The van der Waals surface area contributed by atoms with Gasteiger partial charge in [-0.2, -0.15) is 0 Å². The maximum Gasteiger partial charge on any atom is 0.249 e. The van der Waals surface area contributed by atoms with Gasteiger partial charge in [-0.3, -0.25) is 4.79 Å². The van der Waals surface area contributed by atoms with E-state index < -0.39 is 74.2 Å². The van der Waals surface area contributed by atoms with E-state index in [1.807, 2.05) is 0 Å². The summed E-state index contributed by atoms with van der Waals surface area (Å²) in [4.78, 5) is 13.2. The van der Waals surface area contributed by atoms with Gasteiger partial charge in [0.15, 0.2) is 6.29 Å². The van der Waals surface area contributed by atoms with Gasteiger partial charge >= 0.3 is 0 Å². The zero-order valence-corrected chi connectivity index (χ0v) is 51.6. The van der Waals surface area contributed by atoms with Gasteiger partial charge in [0.25, 0.3) is 0 Å². The summed E-state index contributed by atoms with van der Waals surface area (Å²) in [5, 5.41) is 76.4. The van der Waals surface area contributed by atoms with E-state index in [1.165, 1.54) is 250 Å². The lowest BCUT2D eigenvalue weighted by Crippen LogP contribution is -2.60. The lowest BCUT2D eigenvalue weighted by molar-refractivity contribution is -0.303. The Morgan fingerprint density at radius 1 is 0.430 bits per heavy atom. The van der Waals surface area contributed by atoms with Gasteiger partial charge in [-0.1, -0.05) is 308 Å². The predicted molar refractivity (Wildman–Crippen MR) is 330 cm³/mol. The van der Waals surface area contributed by atoms with E-state index in [0.717, 1.165) is 38.5 Å². The van der Waals surface area contributed by atoms with Gasteiger partial charge in [0.1, 0.15) is 36.6 Å². The largest absolute Gasteiger partial charge is 0.394 e. The Hall–Kier alpha value is -1.41. The number of hydrogen-bond acceptors (Lipinski definition) is 10. The maximum atomic E-state index is 13.2. The van der Waals surface area contributed by atoms with Crippen LogP contribution >= 0.6 is 0 Å². The minimum absolute atomic E-state index is 0.249. The Labute approximate surface area is 486 Å². The third-order valence-corrected chi connectivity index (χ3v) is 16.7. The zero-order valence-electron chi connectivity index (χ0n) is 51.6. The minimum atomic E-state index is -1.67. The first kappa shape index (κ1) is 75.6. The van der Waals surface area contributed by atoms with Gasteiger partial charge in [-0.05, 0) is 51.4 Å². The number of rotatable bonds is 60. The van der Waals surface area contributed by atoms with Gasteiger partial charge in [0.2, 0.25) is 5.91 Å². The molecule has 468 valence electrons. The molecule has 8 N–H and O–H groups in total. The molecule has 1 aliphatic rings. The van der Waals surface area contributed by atoms with Crippen LogP contribution in [0.2, 0.25) is 0 Å². The Balaban J connectivity index is 2.21. The van der Waals surface area contributed by atoms with Crippen molar-refractivity contribution in [3.8, 4) is 0 Å². The Kier molecular flexibility index (Phi) is 54.6. The van der Waals surface area contributed by atoms with Crippen LogP contribution in [0.1, 0.15) is 335 Å². The van der Waals surface area contributed by atoms with Gasteiger partial charge in [-0.25, -0.2) is 0 Å². The average molecular weight is 1120 g/mol. The highest BCUT2D eigenvalue weighted by atomic mass is 16.7. The quantitative estimate of drug-likeness (QED) is 0.0215. The number of aliphatic hydroxyl groups excluding tert-OH is 7. The number of unbranched alkanes of at least 4 members (excludes halogenated alkanes) is 44. The molecule has 9 atom stereocenters. The Morgan fingerprint density at radius 3 is 1.13 bits per heavy atom. The minimum Gasteiger partial charge on any atom is -0.394 e. The first-order valence-electron chi connectivity index (χ1n) is 34.2. The SMILES string of the molecule is CCCCCCCCCCCCCC/C=C/CC/C=C/CCCC(O)C(O)C(COC1OC(CO)C(O)C(O)C1O)NC(=O)C(O)CCCCCCCCCCCCCCCCCCCCCCCCCCCCCCCCC. The summed E-state index contributed by atoms with van der Waals surface area (Å²) >= 11 is 0. The van der Waals surface area contributed by atoms with Crippen LogP contribution in [0.5, 0.6) is 0 Å². The van der Waals surface area contributed by atoms with E-state index in [0.29, 0.717) is 19.3 Å². The van der Waals surface area contributed by atoms with Crippen molar-refractivity contribution < 1.29 is 50.0 Å². The van der Waals surface area contributed by atoms with Crippen LogP contribution in [0, 0.1) is 0 Å².